The monoisotopic (exact) mass is 409 g/mol. The Bertz CT molecular complexity index is 896. The second-order valence-electron chi connectivity index (χ2n) is 8.90. The molecule has 11 heteroatoms. The molecule has 3 heterocycles. The molecular formula is C17H28BN5O4S. The van der Waals surface area contributed by atoms with E-state index in [-0.39, 0.29) is 25.5 Å². The lowest BCUT2D eigenvalue weighted by molar-refractivity contribution is 0.00578. The van der Waals surface area contributed by atoms with Gasteiger partial charge in [0, 0.05) is 24.7 Å². The van der Waals surface area contributed by atoms with E-state index in [0.29, 0.717) is 5.46 Å². The van der Waals surface area contributed by atoms with Crippen molar-refractivity contribution >= 4 is 28.4 Å². The number of hydrogen-bond donors (Lipinski definition) is 1. The number of sulfonamides is 1. The van der Waals surface area contributed by atoms with E-state index >= 15 is 0 Å². The molecule has 0 amide bonds. The maximum atomic E-state index is 12.4. The molecule has 0 spiro atoms. The Morgan fingerprint density at radius 2 is 1.82 bits per heavy atom. The molecule has 0 bridgehead atoms. The van der Waals surface area contributed by atoms with Crippen LogP contribution < -0.4 is 11.2 Å². The quantitative estimate of drug-likeness (QED) is 0.559. The van der Waals surface area contributed by atoms with E-state index in [0.717, 1.165) is 0 Å². The molecule has 3 rings (SSSR count). The van der Waals surface area contributed by atoms with Gasteiger partial charge in [0.25, 0.3) is 0 Å². The number of anilines is 1. The van der Waals surface area contributed by atoms with Gasteiger partial charge in [-0.1, -0.05) is 0 Å². The summed E-state index contributed by atoms with van der Waals surface area (Å²) in [5.74, 6) is 0.257. The van der Waals surface area contributed by atoms with Crippen LogP contribution in [-0.2, 0) is 24.9 Å². The summed E-state index contributed by atoms with van der Waals surface area (Å²) in [6, 6.07) is 0. The number of aromatic nitrogens is 2. The molecular weight excluding hydrogens is 381 g/mol. The lowest BCUT2D eigenvalue weighted by Crippen LogP contribution is -2.66. The van der Waals surface area contributed by atoms with Crippen molar-refractivity contribution in [1.29, 1.82) is 0 Å². The van der Waals surface area contributed by atoms with E-state index in [1.54, 1.807) is 24.7 Å². The van der Waals surface area contributed by atoms with Crippen LogP contribution in [0.3, 0.4) is 0 Å². The fraction of sp³-hybridized carbons (Fsp3) is 0.765. The van der Waals surface area contributed by atoms with Gasteiger partial charge in [-0.15, -0.1) is 0 Å². The highest BCUT2D eigenvalue weighted by molar-refractivity contribution is 7.89. The van der Waals surface area contributed by atoms with Crippen LogP contribution in [0.1, 0.15) is 41.5 Å². The molecule has 2 fully saturated rings. The number of nitrogens with two attached hydrogens (primary N) is 1. The minimum Gasteiger partial charge on any atom is -0.399 e. The first-order chi connectivity index (χ1) is 12.8. The Hall–Kier alpha value is -1.61. The average molecular weight is 409 g/mol. The summed E-state index contributed by atoms with van der Waals surface area (Å²) in [6.45, 7) is 18.9. The van der Waals surface area contributed by atoms with Gasteiger partial charge in [-0.25, -0.2) is 15.0 Å². The fourth-order valence-corrected chi connectivity index (χ4v) is 4.78. The lowest BCUT2D eigenvalue weighted by atomic mass is 9.80. The number of nitrogen functional groups attached to an aromatic ring is 1. The summed E-state index contributed by atoms with van der Waals surface area (Å²) in [5, 5.41) is 3.88. The minimum atomic E-state index is -3.38. The standard InChI is InChI=1S/C17H28BN5O4S/c1-12(2)28(24,25)22-10-17(11-22,9-20-7)23-8-13(14(19)21-23)18-26-15(3,4)16(5,6)27-18/h8,12H,9-11H2,1-6H3,(H2,19,21). The van der Waals surface area contributed by atoms with Crippen molar-refractivity contribution in [2.24, 2.45) is 0 Å². The molecule has 0 saturated carbocycles. The first kappa shape index (κ1) is 21.1. The van der Waals surface area contributed by atoms with Crippen LogP contribution >= 0.6 is 0 Å². The number of rotatable bonds is 5. The second kappa shape index (κ2) is 6.45. The summed E-state index contributed by atoms with van der Waals surface area (Å²) >= 11 is 0. The van der Waals surface area contributed by atoms with Crippen molar-refractivity contribution in [1.82, 2.24) is 14.1 Å². The van der Waals surface area contributed by atoms with Gasteiger partial charge in [0.05, 0.1) is 16.5 Å². The van der Waals surface area contributed by atoms with Crippen molar-refractivity contribution in [3.05, 3.63) is 17.6 Å². The van der Waals surface area contributed by atoms with Crippen LogP contribution in [-0.4, -0.2) is 65.7 Å². The zero-order valence-corrected chi connectivity index (χ0v) is 18.1. The predicted octanol–water partition coefficient (Wildman–Crippen LogP) is 0.433. The highest BCUT2D eigenvalue weighted by Gasteiger charge is 2.56. The SMILES string of the molecule is [C-]#[N+]CC1(n2cc(B3OC(C)(C)C(C)(C)O3)c(N)n2)CN(S(=O)(=O)C(C)C)C1. The molecule has 9 nitrogen and oxygen atoms in total. The fourth-order valence-electron chi connectivity index (χ4n) is 3.35. The van der Waals surface area contributed by atoms with Crippen LogP contribution in [0.5, 0.6) is 0 Å². The molecule has 2 N–H and O–H groups in total. The molecule has 154 valence electrons. The van der Waals surface area contributed by atoms with Crippen molar-refractivity contribution in [3.63, 3.8) is 0 Å². The summed E-state index contributed by atoms with van der Waals surface area (Å²) in [5.41, 5.74) is 4.96. The minimum absolute atomic E-state index is 0.112. The maximum absolute atomic E-state index is 12.4. The first-order valence-corrected chi connectivity index (χ1v) is 10.8. The summed E-state index contributed by atoms with van der Waals surface area (Å²) in [7, 11) is -4.05. The van der Waals surface area contributed by atoms with Crippen LogP contribution in [0.15, 0.2) is 6.20 Å². The van der Waals surface area contributed by atoms with Crippen molar-refractivity contribution < 1.29 is 17.7 Å². The molecule has 1 aromatic rings. The van der Waals surface area contributed by atoms with Gasteiger partial charge in [0.1, 0.15) is 5.82 Å². The zero-order chi connectivity index (χ0) is 21.1. The topological polar surface area (TPSA) is 104 Å². The molecule has 2 aliphatic rings. The first-order valence-electron chi connectivity index (χ1n) is 9.29. The summed E-state index contributed by atoms with van der Waals surface area (Å²) < 4.78 is 40.0. The van der Waals surface area contributed by atoms with E-state index in [1.807, 2.05) is 27.7 Å². The molecule has 2 saturated heterocycles. The van der Waals surface area contributed by atoms with Crippen LogP contribution in [0.25, 0.3) is 4.85 Å². The van der Waals surface area contributed by atoms with Gasteiger partial charge in [-0.05, 0) is 41.5 Å². The summed E-state index contributed by atoms with van der Waals surface area (Å²) in [6.07, 6.45) is 1.72. The van der Waals surface area contributed by atoms with Crippen molar-refractivity contribution in [3.8, 4) is 0 Å². The molecule has 0 aromatic carbocycles. The van der Waals surface area contributed by atoms with Crippen LogP contribution in [0.4, 0.5) is 5.82 Å². The van der Waals surface area contributed by atoms with E-state index in [9.17, 15) is 8.42 Å². The largest absolute Gasteiger partial charge is 0.500 e. The summed E-state index contributed by atoms with van der Waals surface area (Å²) in [4.78, 5) is 3.51. The van der Waals surface area contributed by atoms with Gasteiger partial charge in [0.2, 0.25) is 16.6 Å². The molecule has 0 radical (unpaired) electrons. The molecule has 0 atom stereocenters. The normalized spacial score (nSPS) is 23.6. The van der Waals surface area contributed by atoms with E-state index in [2.05, 4.69) is 9.94 Å². The highest BCUT2D eigenvalue weighted by atomic mass is 32.2. The maximum Gasteiger partial charge on any atom is 0.500 e. The Morgan fingerprint density at radius 1 is 1.29 bits per heavy atom. The third-order valence-electron chi connectivity index (χ3n) is 6.04. The lowest BCUT2D eigenvalue weighted by Gasteiger charge is -2.46. The number of nitrogens with zero attached hydrogens (tertiary/aromatic N) is 4. The van der Waals surface area contributed by atoms with Crippen LogP contribution in [0.2, 0.25) is 0 Å². The van der Waals surface area contributed by atoms with Gasteiger partial charge in [-0.2, -0.15) is 9.40 Å². The predicted molar refractivity (Wildman–Crippen MR) is 107 cm³/mol. The average Bonchev–Trinajstić information content (AvgIpc) is 2.99. The van der Waals surface area contributed by atoms with Gasteiger partial charge < -0.3 is 19.9 Å². The highest BCUT2D eigenvalue weighted by Crippen LogP contribution is 2.37. The van der Waals surface area contributed by atoms with Crippen molar-refractivity contribution in [2.75, 3.05) is 25.4 Å². The van der Waals surface area contributed by atoms with Gasteiger partial charge >= 0.3 is 7.12 Å². The molecule has 2 aliphatic heterocycles. The van der Waals surface area contributed by atoms with Gasteiger partial charge in [-0.3, -0.25) is 4.68 Å². The smallest absolute Gasteiger partial charge is 0.399 e. The van der Waals surface area contributed by atoms with E-state index < -0.39 is 39.1 Å². The Labute approximate surface area is 167 Å². The Morgan fingerprint density at radius 3 is 2.29 bits per heavy atom. The molecule has 0 unspecified atom stereocenters. The third kappa shape index (κ3) is 3.12. The van der Waals surface area contributed by atoms with Crippen LogP contribution in [0, 0.1) is 6.57 Å². The Kier molecular flexibility index (Phi) is 4.87. The molecule has 1 aromatic heterocycles. The van der Waals surface area contributed by atoms with Gasteiger partial charge in [0.15, 0.2) is 5.54 Å². The molecule has 28 heavy (non-hydrogen) atoms. The second-order valence-corrected chi connectivity index (χ2v) is 11.4. The van der Waals surface area contributed by atoms with E-state index in [4.69, 9.17) is 21.6 Å². The zero-order valence-electron chi connectivity index (χ0n) is 17.3. The number of hydrogen-bond acceptors (Lipinski definition) is 6. The molecule has 0 aliphatic carbocycles. The Balaban J connectivity index is 1.88. The third-order valence-corrected chi connectivity index (χ3v) is 8.21. The van der Waals surface area contributed by atoms with E-state index in [1.165, 1.54) is 4.31 Å². The van der Waals surface area contributed by atoms with Crippen molar-refractivity contribution in [2.45, 2.75) is 63.5 Å².